The second kappa shape index (κ2) is 5.32. The summed E-state index contributed by atoms with van der Waals surface area (Å²) in [6, 6.07) is 4.88. The Morgan fingerprint density at radius 1 is 1.44 bits per heavy atom. The summed E-state index contributed by atoms with van der Waals surface area (Å²) in [5.74, 6) is 0.508. The Kier molecular flexibility index (Phi) is 4.03. The van der Waals surface area contributed by atoms with Gasteiger partial charge in [-0.15, -0.1) is 0 Å². The van der Waals surface area contributed by atoms with Crippen molar-refractivity contribution in [3.63, 3.8) is 0 Å². The molecular formula is C12H12BrFOS. The van der Waals surface area contributed by atoms with Crippen LogP contribution < -0.4 is 0 Å². The molecule has 1 aliphatic rings. The van der Waals surface area contributed by atoms with Gasteiger partial charge in [-0.2, -0.15) is 11.8 Å². The van der Waals surface area contributed by atoms with E-state index in [1.54, 1.807) is 30.0 Å². The van der Waals surface area contributed by atoms with Gasteiger partial charge in [0.1, 0.15) is 5.82 Å². The molecule has 1 heterocycles. The molecule has 1 nitrogen and oxygen atoms in total. The van der Waals surface area contributed by atoms with Crippen LogP contribution in [-0.4, -0.2) is 16.8 Å². The van der Waals surface area contributed by atoms with Gasteiger partial charge < -0.3 is 0 Å². The zero-order valence-corrected chi connectivity index (χ0v) is 11.1. The van der Waals surface area contributed by atoms with Crippen molar-refractivity contribution in [2.24, 2.45) is 0 Å². The summed E-state index contributed by atoms with van der Waals surface area (Å²) >= 11 is 4.75. The van der Waals surface area contributed by atoms with Gasteiger partial charge in [0, 0.05) is 0 Å². The normalized spacial score (nSPS) is 20.8. The molecule has 16 heavy (non-hydrogen) atoms. The Morgan fingerprint density at radius 3 is 2.94 bits per heavy atom. The Balaban J connectivity index is 2.22. The zero-order chi connectivity index (χ0) is 11.5. The third-order valence-electron chi connectivity index (χ3n) is 2.69. The highest BCUT2D eigenvalue weighted by Crippen LogP contribution is 2.29. The highest BCUT2D eigenvalue weighted by Gasteiger charge is 2.25. The van der Waals surface area contributed by atoms with Crippen LogP contribution in [0.2, 0.25) is 0 Å². The maximum Gasteiger partial charge on any atom is 0.178 e. The third kappa shape index (κ3) is 2.48. The van der Waals surface area contributed by atoms with Gasteiger partial charge in [0.2, 0.25) is 0 Å². The first-order valence-electron chi connectivity index (χ1n) is 5.30. The van der Waals surface area contributed by atoms with E-state index in [9.17, 15) is 9.18 Å². The Labute approximate surface area is 107 Å². The molecular weight excluding hydrogens is 291 g/mol. The van der Waals surface area contributed by atoms with Gasteiger partial charge in [0.15, 0.2) is 5.78 Å². The van der Waals surface area contributed by atoms with Crippen molar-refractivity contribution in [3.8, 4) is 0 Å². The summed E-state index contributed by atoms with van der Waals surface area (Å²) in [7, 11) is 0. The van der Waals surface area contributed by atoms with Crippen molar-refractivity contribution < 1.29 is 9.18 Å². The molecule has 1 saturated heterocycles. The standard InChI is InChI=1S/C12H12BrFOS/c13-9-5-3-4-8(11(9)14)12(15)10-6-1-2-7-16-10/h3-5,10H,1-2,6-7H2. The van der Waals surface area contributed by atoms with E-state index in [2.05, 4.69) is 15.9 Å². The number of rotatable bonds is 2. The Bertz CT molecular complexity index is 402. The molecule has 86 valence electrons. The molecule has 0 radical (unpaired) electrons. The van der Waals surface area contributed by atoms with Crippen LogP contribution in [0.15, 0.2) is 22.7 Å². The van der Waals surface area contributed by atoms with E-state index in [1.165, 1.54) is 0 Å². The number of carbonyl (C=O) groups is 1. The summed E-state index contributed by atoms with van der Waals surface area (Å²) in [6.45, 7) is 0. The Hall–Kier alpha value is -0.350. The summed E-state index contributed by atoms with van der Waals surface area (Å²) < 4.78 is 14.1. The fraction of sp³-hybridized carbons (Fsp3) is 0.417. The molecule has 1 atom stereocenters. The van der Waals surface area contributed by atoms with E-state index in [1.807, 2.05) is 0 Å². The molecule has 2 rings (SSSR count). The number of Topliss-reactive ketones (excluding diaryl/α,β-unsaturated/α-hetero) is 1. The lowest BCUT2D eigenvalue weighted by molar-refractivity contribution is 0.0981. The molecule has 1 fully saturated rings. The molecule has 1 aliphatic heterocycles. The van der Waals surface area contributed by atoms with Crippen LogP contribution in [0.3, 0.4) is 0 Å². The van der Waals surface area contributed by atoms with E-state index >= 15 is 0 Å². The largest absolute Gasteiger partial charge is 0.293 e. The highest BCUT2D eigenvalue weighted by molar-refractivity contribution is 9.10. The first-order valence-corrected chi connectivity index (χ1v) is 7.14. The second-order valence-corrected chi connectivity index (χ2v) is 5.99. The minimum absolute atomic E-state index is 0.0578. The summed E-state index contributed by atoms with van der Waals surface area (Å²) in [5, 5.41) is -0.0578. The van der Waals surface area contributed by atoms with Gasteiger partial charge in [-0.05, 0) is 46.7 Å². The van der Waals surface area contributed by atoms with Crippen molar-refractivity contribution in [1.29, 1.82) is 0 Å². The molecule has 1 unspecified atom stereocenters. The van der Waals surface area contributed by atoms with Gasteiger partial charge in [0.05, 0.1) is 15.3 Å². The zero-order valence-electron chi connectivity index (χ0n) is 8.71. The van der Waals surface area contributed by atoms with Crippen molar-refractivity contribution in [2.75, 3.05) is 5.75 Å². The average Bonchev–Trinajstić information content (AvgIpc) is 2.33. The Morgan fingerprint density at radius 2 is 2.25 bits per heavy atom. The lowest BCUT2D eigenvalue weighted by Gasteiger charge is -2.20. The average molecular weight is 303 g/mol. The minimum atomic E-state index is -0.432. The van der Waals surface area contributed by atoms with Crippen LogP contribution in [0, 0.1) is 5.82 Å². The number of halogens is 2. The molecule has 0 aromatic heterocycles. The minimum Gasteiger partial charge on any atom is -0.293 e. The molecule has 0 saturated carbocycles. The summed E-state index contributed by atoms with van der Waals surface area (Å²) in [4.78, 5) is 12.1. The van der Waals surface area contributed by atoms with Crippen molar-refractivity contribution >= 4 is 33.5 Å². The topological polar surface area (TPSA) is 17.1 Å². The van der Waals surface area contributed by atoms with E-state index in [0.29, 0.717) is 4.47 Å². The lowest BCUT2D eigenvalue weighted by atomic mass is 10.0. The number of hydrogen-bond donors (Lipinski definition) is 0. The van der Waals surface area contributed by atoms with Gasteiger partial charge in [-0.1, -0.05) is 12.5 Å². The van der Waals surface area contributed by atoms with Gasteiger partial charge in [-0.25, -0.2) is 4.39 Å². The number of carbonyl (C=O) groups excluding carboxylic acids is 1. The first-order chi connectivity index (χ1) is 7.70. The van der Waals surface area contributed by atoms with Gasteiger partial charge in [-0.3, -0.25) is 4.79 Å². The summed E-state index contributed by atoms with van der Waals surface area (Å²) in [5.41, 5.74) is 0.216. The molecule has 0 bridgehead atoms. The number of ketones is 1. The number of benzene rings is 1. The van der Waals surface area contributed by atoms with Crippen LogP contribution in [-0.2, 0) is 0 Å². The monoisotopic (exact) mass is 302 g/mol. The number of thioether (sulfide) groups is 1. The third-order valence-corrected chi connectivity index (χ3v) is 4.68. The maximum atomic E-state index is 13.7. The van der Waals surface area contributed by atoms with Crippen molar-refractivity contribution in [3.05, 3.63) is 34.1 Å². The van der Waals surface area contributed by atoms with E-state index in [4.69, 9.17) is 0 Å². The second-order valence-electron chi connectivity index (χ2n) is 3.82. The SMILES string of the molecule is O=C(c1cccc(Br)c1F)C1CCCCS1. The first kappa shape index (κ1) is 12.1. The molecule has 1 aromatic carbocycles. The van der Waals surface area contributed by atoms with Crippen LogP contribution in [0.4, 0.5) is 4.39 Å². The molecule has 0 amide bonds. The number of hydrogen-bond acceptors (Lipinski definition) is 2. The molecule has 0 aliphatic carbocycles. The van der Waals surface area contributed by atoms with Crippen LogP contribution >= 0.6 is 27.7 Å². The van der Waals surface area contributed by atoms with Crippen molar-refractivity contribution in [2.45, 2.75) is 24.5 Å². The summed E-state index contributed by atoms with van der Waals surface area (Å²) in [6.07, 6.45) is 3.10. The fourth-order valence-corrected chi connectivity index (χ4v) is 3.45. The lowest BCUT2D eigenvalue weighted by Crippen LogP contribution is -2.22. The van der Waals surface area contributed by atoms with Gasteiger partial charge >= 0.3 is 0 Å². The maximum absolute atomic E-state index is 13.7. The van der Waals surface area contributed by atoms with E-state index in [0.717, 1.165) is 25.0 Å². The quantitative estimate of drug-likeness (QED) is 0.767. The van der Waals surface area contributed by atoms with Crippen LogP contribution in [0.25, 0.3) is 0 Å². The van der Waals surface area contributed by atoms with E-state index in [-0.39, 0.29) is 16.6 Å². The highest BCUT2D eigenvalue weighted by atomic mass is 79.9. The predicted octanol–water partition coefficient (Wildman–Crippen LogP) is 4.06. The molecule has 1 aromatic rings. The van der Waals surface area contributed by atoms with Gasteiger partial charge in [0.25, 0.3) is 0 Å². The fourth-order valence-electron chi connectivity index (χ4n) is 1.82. The predicted molar refractivity (Wildman–Crippen MR) is 68.5 cm³/mol. The van der Waals surface area contributed by atoms with Crippen LogP contribution in [0.1, 0.15) is 29.6 Å². The van der Waals surface area contributed by atoms with Crippen molar-refractivity contribution in [1.82, 2.24) is 0 Å². The molecule has 4 heteroatoms. The smallest absolute Gasteiger partial charge is 0.178 e. The van der Waals surface area contributed by atoms with E-state index < -0.39 is 5.82 Å². The van der Waals surface area contributed by atoms with Crippen LogP contribution in [0.5, 0.6) is 0 Å². The molecule has 0 spiro atoms. The molecule has 0 N–H and O–H groups in total.